The van der Waals surface area contributed by atoms with Crippen LogP contribution in [0.25, 0.3) is 0 Å². The van der Waals surface area contributed by atoms with Gasteiger partial charge in [-0.25, -0.2) is 4.79 Å². The van der Waals surface area contributed by atoms with E-state index in [0.29, 0.717) is 25.2 Å². The van der Waals surface area contributed by atoms with Crippen LogP contribution in [0.15, 0.2) is 15.7 Å². The Kier molecular flexibility index (Phi) is 4.72. The van der Waals surface area contributed by atoms with Gasteiger partial charge in [-0.1, -0.05) is 0 Å². The molecule has 0 radical (unpaired) electrons. The van der Waals surface area contributed by atoms with E-state index in [2.05, 4.69) is 37.6 Å². The van der Waals surface area contributed by atoms with Crippen LogP contribution in [0.5, 0.6) is 0 Å². The Hall–Kier alpha value is -1.56. The van der Waals surface area contributed by atoms with Gasteiger partial charge >= 0.3 is 5.69 Å². The van der Waals surface area contributed by atoms with E-state index < -0.39 is 11.2 Å². The lowest BCUT2D eigenvalue weighted by molar-refractivity contribution is 0.168. The molecule has 0 fully saturated rings. The average Bonchev–Trinajstić information content (AvgIpc) is 2.20. The van der Waals surface area contributed by atoms with Crippen LogP contribution in [-0.4, -0.2) is 33.1 Å². The fourth-order valence-corrected chi connectivity index (χ4v) is 2.10. The molecule has 0 aliphatic rings. The summed E-state index contributed by atoms with van der Waals surface area (Å²) in [4.78, 5) is 27.2. The van der Waals surface area contributed by atoms with Crippen LogP contribution in [0, 0.1) is 0 Å². The van der Waals surface area contributed by atoms with E-state index >= 15 is 0 Å². The summed E-state index contributed by atoms with van der Waals surface area (Å²) in [5.74, 6) is 0.205. The van der Waals surface area contributed by atoms with Gasteiger partial charge in [-0.05, 0) is 27.7 Å². The third kappa shape index (κ3) is 3.46. The van der Waals surface area contributed by atoms with Crippen molar-refractivity contribution in [2.75, 3.05) is 12.3 Å². The highest BCUT2D eigenvalue weighted by atomic mass is 16.2. The summed E-state index contributed by atoms with van der Waals surface area (Å²) in [6.07, 6.45) is 0. The van der Waals surface area contributed by atoms with Gasteiger partial charge in [-0.2, -0.15) is 0 Å². The maximum Gasteiger partial charge on any atom is 0.329 e. The van der Waals surface area contributed by atoms with Crippen LogP contribution in [0.3, 0.4) is 0 Å². The second-order valence-electron chi connectivity index (χ2n) is 4.94. The molecule has 0 bridgehead atoms. The number of nitrogens with one attached hydrogen (secondary N) is 1. The second kappa shape index (κ2) is 5.86. The van der Waals surface area contributed by atoms with Crippen molar-refractivity contribution in [2.24, 2.45) is 0 Å². The van der Waals surface area contributed by atoms with Gasteiger partial charge in [-0.3, -0.25) is 19.2 Å². The molecule has 0 aromatic carbocycles. The number of nitrogen functional groups attached to an aromatic ring is 1. The van der Waals surface area contributed by atoms with E-state index in [1.807, 2.05) is 0 Å². The molecule has 102 valence electrons. The minimum Gasteiger partial charge on any atom is -0.385 e. The van der Waals surface area contributed by atoms with Crippen molar-refractivity contribution in [1.82, 2.24) is 14.5 Å². The summed E-state index contributed by atoms with van der Waals surface area (Å²) in [5, 5.41) is 0. The van der Waals surface area contributed by atoms with Gasteiger partial charge in [0.2, 0.25) is 0 Å². The fourth-order valence-electron chi connectivity index (χ4n) is 2.10. The number of aromatic amines is 1. The molecule has 0 aliphatic heterocycles. The van der Waals surface area contributed by atoms with Gasteiger partial charge < -0.3 is 5.73 Å². The highest BCUT2D eigenvalue weighted by molar-refractivity contribution is 5.26. The zero-order valence-corrected chi connectivity index (χ0v) is 11.4. The summed E-state index contributed by atoms with van der Waals surface area (Å²) in [6, 6.07) is 2.02. The Labute approximate surface area is 106 Å². The summed E-state index contributed by atoms with van der Waals surface area (Å²) in [6.45, 7) is 9.62. The molecule has 0 saturated heterocycles. The molecule has 18 heavy (non-hydrogen) atoms. The quantitative estimate of drug-likeness (QED) is 0.788. The largest absolute Gasteiger partial charge is 0.385 e. The second-order valence-corrected chi connectivity index (χ2v) is 4.94. The van der Waals surface area contributed by atoms with Crippen molar-refractivity contribution in [3.63, 3.8) is 0 Å². The maximum absolute atomic E-state index is 11.6. The van der Waals surface area contributed by atoms with Crippen molar-refractivity contribution < 1.29 is 0 Å². The summed E-state index contributed by atoms with van der Waals surface area (Å²) >= 11 is 0. The minimum absolute atomic E-state index is 0.205. The number of rotatable bonds is 5. The fraction of sp³-hybridized carbons (Fsp3) is 0.667. The number of nitrogens with zero attached hydrogens (tertiary/aromatic N) is 2. The van der Waals surface area contributed by atoms with Crippen molar-refractivity contribution in [3.8, 4) is 0 Å². The zero-order chi connectivity index (χ0) is 13.9. The first kappa shape index (κ1) is 14.5. The lowest BCUT2D eigenvalue weighted by Crippen LogP contribution is -2.41. The van der Waals surface area contributed by atoms with Crippen molar-refractivity contribution >= 4 is 5.82 Å². The van der Waals surface area contributed by atoms with Crippen LogP contribution < -0.4 is 17.0 Å². The Balaban J connectivity index is 2.86. The number of nitrogens with two attached hydrogens (primary N) is 1. The lowest BCUT2D eigenvalue weighted by Gasteiger charge is -2.30. The highest BCUT2D eigenvalue weighted by Crippen LogP contribution is 2.05. The SMILES string of the molecule is CC(C)N(CCn1c(N)cc(=O)[nH]c1=O)C(C)C. The van der Waals surface area contributed by atoms with Crippen LogP contribution in [0.2, 0.25) is 0 Å². The number of anilines is 1. The molecular formula is C12H22N4O2. The number of hydrogen-bond acceptors (Lipinski definition) is 4. The molecule has 0 amide bonds. The molecule has 0 unspecified atom stereocenters. The summed E-state index contributed by atoms with van der Waals surface area (Å²) in [5.41, 5.74) is 4.77. The maximum atomic E-state index is 11.6. The van der Waals surface area contributed by atoms with E-state index in [0.717, 1.165) is 0 Å². The van der Waals surface area contributed by atoms with Crippen LogP contribution in [0.4, 0.5) is 5.82 Å². The molecule has 0 atom stereocenters. The van der Waals surface area contributed by atoms with E-state index in [1.54, 1.807) is 0 Å². The van der Waals surface area contributed by atoms with E-state index in [9.17, 15) is 9.59 Å². The normalized spacial score (nSPS) is 11.7. The van der Waals surface area contributed by atoms with E-state index in [4.69, 9.17) is 5.73 Å². The predicted octanol–water partition coefficient (Wildman–Crippen LogP) is 0.238. The predicted molar refractivity (Wildman–Crippen MR) is 72.7 cm³/mol. The van der Waals surface area contributed by atoms with Crippen molar-refractivity contribution in [2.45, 2.75) is 46.3 Å². The Bertz CT molecular complexity index is 494. The first-order chi connectivity index (χ1) is 8.32. The first-order valence-corrected chi connectivity index (χ1v) is 6.18. The van der Waals surface area contributed by atoms with Gasteiger partial charge in [0, 0.05) is 31.2 Å². The topological polar surface area (TPSA) is 84.1 Å². The van der Waals surface area contributed by atoms with Crippen LogP contribution in [-0.2, 0) is 6.54 Å². The third-order valence-electron chi connectivity index (χ3n) is 2.97. The van der Waals surface area contributed by atoms with Crippen LogP contribution >= 0.6 is 0 Å². The number of hydrogen-bond donors (Lipinski definition) is 2. The molecule has 6 heteroatoms. The van der Waals surface area contributed by atoms with Gasteiger partial charge in [-0.15, -0.1) is 0 Å². The Morgan fingerprint density at radius 1 is 1.28 bits per heavy atom. The number of H-pyrrole nitrogens is 1. The molecule has 1 aromatic rings. The van der Waals surface area contributed by atoms with E-state index in [1.165, 1.54) is 10.6 Å². The van der Waals surface area contributed by atoms with Gasteiger partial charge in [0.15, 0.2) is 0 Å². The molecule has 0 spiro atoms. The molecular weight excluding hydrogens is 232 g/mol. The third-order valence-corrected chi connectivity index (χ3v) is 2.97. The highest BCUT2D eigenvalue weighted by Gasteiger charge is 2.14. The molecule has 0 aliphatic carbocycles. The summed E-state index contributed by atoms with van der Waals surface area (Å²) in [7, 11) is 0. The molecule has 1 heterocycles. The van der Waals surface area contributed by atoms with Crippen molar-refractivity contribution in [1.29, 1.82) is 0 Å². The standard InChI is InChI=1S/C12H22N4O2/c1-8(2)15(9(3)4)5-6-16-10(13)7-11(17)14-12(16)18/h7-9H,5-6,13H2,1-4H3,(H,14,17,18). The van der Waals surface area contributed by atoms with E-state index in [-0.39, 0.29) is 5.82 Å². The molecule has 1 aromatic heterocycles. The van der Waals surface area contributed by atoms with Gasteiger partial charge in [0.25, 0.3) is 5.56 Å². The summed E-state index contributed by atoms with van der Waals surface area (Å²) < 4.78 is 1.39. The lowest BCUT2D eigenvalue weighted by atomic mass is 10.2. The molecule has 1 rings (SSSR count). The van der Waals surface area contributed by atoms with Gasteiger partial charge in [0.05, 0.1) is 0 Å². The van der Waals surface area contributed by atoms with Gasteiger partial charge in [0.1, 0.15) is 5.82 Å². The van der Waals surface area contributed by atoms with Crippen LogP contribution in [0.1, 0.15) is 27.7 Å². The molecule has 0 saturated carbocycles. The smallest absolute Gasteiger partial charge is 0.329 e. The number of aromatic nitrogens is 2. The Morgan fingerprint density at radius 2 is 1.83 bits per heavy atom. The zero-order valence-electron chi connectivity index (χ0n) is 11.4. The van der Waals surface area contributed by atoms with Crippen molar-refractivity contribution in [3.05, 3.63) is 26.9 Å². The molecule has 3 N–H and O–H groups in total. The Morgan fingerprint density at radius 3 is 2.28 bits per heavy atom. The first-order valence-electron chi connectivity index (χ1n) is 6.18. The molecule has 6 nitrogen and oxygen atoms in total. The monoisotopic (exact) mass is 254 g/mol. The minimum atomic E-state index is -0.460. The average molecular weight is 254 g/mol.